The van der Waals surface area contributed by atoms with Crippen molar-refractivity contribution in [3.05, 3.63) is 0 Å². The number of carbonyl (C=O) groups is 1. The Morgan fingerprint density at radius 2 is 1.94 bits per heavy atom. The van der Waals surface area contributed by atoms with Crippen LogP contribution in [0.5, 0.6) is 0 Å². The van der Waals surface area contributed by atoms with Gasteiger partial charge in [-0.3, -0.25) is 4.79 Å². The second-order valence-corrected chi connectivity index (χ2v) is 5.92. The van der Waals surface area contributed by atoms with Gasteiger partial charge in [0.25, 0.3) is 0 Å². The zero-order valence-corrected chi connectivity index (χ0v) is 10.9. The Labute approximate surface area is 103 Å². The molecule has 0 saturated carbocycles. The first-order chi connectivity index (χ1) is 7.83. The van der Waals surface area contributed by atoms with Crippen LogP contribution >= 0.6 is 0 Å². The normalized spacial score (nSPS) is 19.5. The Kier molecular flexibility index (Phi) is 4.37. The number of amides is 1. The fourth-order valence-electron chi connectivity index (χ4n) is 2.07. The molecule has 3 N–H and O–H groups in total. The fourth-order valence-corrected chi connectivity index (χ4v) is 2.07. The van der Waals surface area contributed by atoms with Gasteiger partial charge in [0.2, 0.25) is 5.91 Å². The molecule has 1 rings (SSSR count). The smallest absolute Gasteiger partial charge is 0.223 e. The van der Waals surface area contributed by atoms with E-state index >= 15 is 0 Å². The third kappa shape index (κ3) is 4.24. The second-order valence-electron chi connectivity index (χ2n) is 5.92. The van der Waals surface area contributed by atoms with Gasteiger partial charge in [-0.15, -0.1) is 0 Å². The Morgan fingerprint density at radius 3 is 2.35 bits per heavy atom. The molecule has 1 aliphatic heterocycles. The summed E-state index contributed by atoms with van der Waals surface area (Å²) in [5, 5.41) is 11.6. The van der Waals surface area contributed by atoms with Crippen molar-refractivity contribution in [3.63, 3.8) is 0 Å². The zero-order chi connectivity index (χ0) is 13.1. The minimum Gasteiger partial charge on any atom is -0.409 e. The van der Waals surface area contributed by atoms with Crippen LogP contribution in [0.2, 0.25) is 0 Å². The van der Waals surface area contributed by atoms with Crippen LogP contribution in [-0.4, -0.2) is 34.9 Å². The van der Waals surface area contributed by atoms with Crippen LogP contribution in [0, 0.1) is 11.3 Å². The number of nitrogens with two attached hydrogens (primary N) is 1. The molecule has 0 spiro atoms. The molecule has 1 amide bonds. The first-order valence-electron chi connectivity index (χ1n) is 6.08. The lowest BCUT2D eigenvalue weighted by atomic mass is 9.90. The highest BCUT2D eigenvalue weighted by Gasteiger charge is 2.27. The molecule has 0 aromatic heterocycles. The summed E-state index contributed by atoms with van der Waals surface area (Å²) in [5.41, 5.74) is 5.59. The molecule has 0 aromatic rings. The molecule has 17 heavy (non-hydrogen) atoms. The van der Waals surface area contributed by atoms with Crippen LogP contribution in [0.15, 0.2) is 5.16 Å². The van der Waals surface area contributed by atoms with E-state index < -0.39 is 0 Å². The summed E-state index contributed by atoms with van der Waals surface area (Å²) >= 11 is 0. The Morgan fingerprint density at radius 1 is 1.41 bits per heavy atom. The average Bonchev–Trinajstić information content (AvgIpc) is 2.26. The van der Waals surface area contributed by atoms with Crippen molar-refractivity contribution in [1.82, 2.24) is 4.90 Å². The number of oxime groups is 1. The lowest BCUT2D eigenvalue weighted by Gasteiger charge is -2.33. The van der Waals surface area contributed by atoms with Crippen molar-refractivity contribution in [1.29, 1.82) is 0 Å². The van der Waals surface area contributed by atoms with Crippen LogP contribution in [0.1, 0.15) is 40.0 Å². The summed E-state index contributed by atoms with van der Waals surface area (Å²) in [6.07, 6.45) is 2.14. The van der Waals surface area contributed by atoms with Crippen LogP contribution in [-0.2, 0) is 4.79 Å². The SMILES string of the molecule is CC(C)(C)CC(=O)N1CCC(C(N)=NO)CC1. The highest BCUT2D eigenvalue weighted by atomic mass is 16.4. The topological polar surface area (TPSA) is 78.9 Å². The van der Waals surface area contributed by atoms with Gasteiger partial charge in [-0.1, -0.05) is 25.9 Å². The van der Waals surface area contributed by atoms with Crippen molar-refractivity contribution >= 4 is 11.7 Å². The van der Waals surface area contributed by atoms with Gasteiger partial charge in [-0.25, -0.2) is 0 Å². The van der Waals surface area contributed by atoms with Gasteiger partial charge in [0.05, 0.1) is 0 Å². The molecule has 5 heteroatoms. The molecule has 0 unspecified atom stereocenters. The summed E-state index contributed by atoms with van der Waals surface area (Å²) in [6, 6.07) is 0. The summed E-state index contributed by atoms with van der Waals surface area (Å²) in [5.74, 6) is 0.599. The predicted octanol–water partition coefficient (Wildman–Crippen LogP) is 1.41. The third-order valence-electron chi connectivity index (χ3n) is 3.06. The number of likely N-dealkylation sites (tertiary alicyclic amines) is 1. The lowest BCUT2D eigenvalue weighted by Crippen LogP contribution is -2.42. The molecule has 1 saturated heterocycles. The molecule has 0 bridgehead atoms. The number of hydrogen-bond donors (Lipinski definition) is 2. The van der Waals surface area contributed by atoms with E-state index in [2.05, 4.69) is 25.9 Å². The van der Waals surface area contributed by atoms with E-state index in [1.807, 2.05) is 4.90 Å². The largest absolute Gasteiger partial charge is 0.409 e. The van der Waals surface area contributed by atoms with Crippen LogP contribution in [0.25, 0.3) is 0 Å². The number of amidine groups is 1. The van der Waals surface area contributed by atoms with E-state index in [4.69, 9.17) is 10.9 Å². The molecule has 1 aliphatic rings. The van der Waals surface area contributed by atoms with Crippen LogP contribution in [0.3, 0.4) is 0 Å². The Hall–Kier alpha value is -1.26. The monoisotopic (exact) mass is 241 g/mol. The zero-order valence-electron chi connectivity index (χ0n) is 10.9. The van der Waals surface area contributed by atoms with E-state index in [0.717, 1.165) is 12.8 Å². The van der Waals surface area contributed by atoms with Gasteiger partial charge in [-0.05, 0) is 18.3 Å². The molecular weight excluding hydrogens is 218 g/mol. The van der Waals surface area contributed by atoms with E-state index in [1.54, 1.807) is 0 Å². The van der Waals surface area contributed by atoms with E-state index in [0.29, 0.717) is 19.5 Å². The number of hydrogen-bond acceptors (Lipinski definition) is 3. The highest BCUT2D eigenvalue weighted by Crippen LogP contribution is 2.23. The maximum absolute atomic E-state index is 12.0. The molecular formula is C12H23N3O2. The second kappa shape index (κ2) is 5.38. The molecule has 0 aliphatic carbocycles. The minimum absolute atomic E-state index is 0.0273. The summed E-state index contributed by atoms with van der Waals surface area (Å²) < 4.78 is 0. The van der Waals surface area contributed by atoms with E-state index in [9.17, 15) is 4.79 Å². The number of piperidine rings is 1. The standard InChI is InChI=1S/C12H23N3O2/c1-12(2,3)8-10(16)15-6-4-9(5-7-15)11(13)14-17/h9,17H,4-8H2,1-3H3,(H2,13,14). The maximum Gasteiger partial charge on any atom is 0.223 e. The Balaban J connectivity index is 2.44. The quantitative estimate of drug-likeness (QED) is 0.332. The summed E-state index contributed by atoms with van der Waals surface area (Å²) in [7, 11) is 0. The minimum atomic E-state index is 0.0273. The molecule has 1 fully saturated rings. The van der Waals surface area contributed by atoms with Crippen LogP contribution < -0.4 is 5.73 Å². The fraction of sp³-hybridized carbons (Fsp3) is 0.833. The van der Waals surface area contributed by atoms with Gasteiger partial charge in [0, 0.05) is 25.4 Å². The van der Waals surface area contributed by atoms with Crippen molar-refractivity contribution in [3.8, 4) is 0 Å². The van der Waals surface area contributed by atoms with Gasteiger partial charge in [0.1, 0.15) is 5.84 Å². The number of nitrogens with zero attached hydrogens (tertiary/aromatic N) is 2. The van der Waals surface area contributed by atoms with Gasteiger partial charge < -0.3 is 15.8 Å². The van der Waals surface area contributed by atoms with Crippen molar-refractivity contribution in [2.45, 2.75) is 40.0 Å². The number of rotatable bonds is 2. The van der Waals surface area contributed by atoms with Crippen LogP contribution in [0.4, 0.5) is 0 Å². The molecule has 0 radical (unpaired) electrons. The first kappa shape index (κ1) is 13.8. The van der Waals surface area contributed by atoms with Gasteiger partial charge in [0.15, 0.2) is 0 Å². The first-order valence-corrected chi connectivity index (χ1v) is 6.08. The van der Waals surface area contributed by atoms with Crippen molar-refractivity contribution < 1.29 is 10.0 Å². The van der Waals surface area contributed by atoms with E-state index in [1.165, 1.54) is 0 Å². The highest BCUT2D eigenvalue weighted by molar-refractivity contribution is 5.83. The van der Waals surface area contributed by atoms with Crippen molar-refractivity contribution in [2.75, 3.05) is 13.1 Å². The summed E-state index contributed by atoms with van der Waals surface area (Å²) in [6.45, 7) is 7.60. The average molecular weight is 241 g/mol. The molecule has 0 aromatic carbocycles. The Bertz CT molecular complexity index is 299. The van der Waals surface area contributed by atoms with Crippen molar-refractivity contribution in [2.24, 2.45) is 22.2 Å². The maximum atomic E-state index is 12.0. The summed E-state index contributed by atoms with van der Waals surface area (Å²) in [4.78, 5) is 13.9. The predicted molar refractivity (Wildman–Crippen MR) is 66.8 cm³/mol. The molecule has 0 atom stereocenters. The van der Waals surface area contributed by atoms with Gasteiger partial charge in [-0.2, -0.15) is 0 Å². The number of carbonyl (C=O) groups excluding carboxylic acids is 1. The van der Waals surface area contributed by atoms with E-state index in [-0.39, 0.29) is 23.1 Å². The lowest BCUT2D eigenvalue weighted by molar-refractivity contribution is -0.134. The molecule has 98 valence electrons. The molecule has 5 nitrogen and oxygen atoms in total. The molecule has 1 heterocycles. The van der Waals surface area contributed by atoms with Gasteiger partial charge >= 0.3 is 0 Å². The third-order valence-corrected chi connectivity index (χ3v) is 3.06.